The second-order valence-electron chi connectivity index (χ2n) is 7.96. The first-order valence-corrected chi connectivity index (χ1v) is 9.37. The van der Waals surface area contributed by atoms with Crippen LogP contribution in [0.25, 0.3) is 0 Å². The van der Waals surface area contributed by atoms with E-state index in [1.165, 1.54) is 16.8 Å². The lowest BCUT2D eigenvalue weighted by atomic mass is 9.82. The van der Waals surface area contributed by atoms with E-state index in [-0.39, 0.29) is 11.3 Å². The van der Waals surface area contributed by atoms with Crippen LogP contribution in [0, 0.1) is 5.41 Å². The van der Waals surface area contributed by atoms with Gasteiger partial charge in [-0.3, -0.25) is 4.79 Å². The van der Waals surface area contributed by atoms with Gasteiger partial charge in [-0.15, -0.1) is 0 Å². The summed E-state index contributed by atoms with van der Waals surface area (Å²) in [6.45, 7) is 13.7. The van der Waals surface area contributed by atoms with Crippen LogP contribution in [0.4, 0.5) is 0 Å². The molecule has 2 unspecified atom stereocenters. The van der Waals surface area contributed by atoms with Gasteiger partial charge in [-0.25, -0.2) is 0 Å². The average molecular weight is 328 g/mol. The van der Waals surface area contributed by atoms with Gasteiger partial charge < -0.3 is 4.90 Å². The van der Waals surface area contributed by atoms with Gasteiger partial charge in [0.15, 0.2) is 0 Å². The van der Waals surface area contributed by atoms with Crippen molar-refractivity contribution in [2.45, 2.75) is 72.6 Å². The van der Waals surface area contributed by atoms with Crippen LogP contribution >= 0.6 is 0 Å². The van der Waals surface area contributed by atoms with E-state index in [4.69, 9.17) is 0 Å². The number of fused-ring (bicyclic) bond motifs is 1. The fraction of sp³-hybridized carbons (Fsp3) is 0.591. The Hall–Kier alpha value is -1.57. The lowest BCUT2D eigenvalue weighted by Gasteiger charge is -2.38. The molecule has 24 heavy (non-hydrogen) atoms. The van der Waals surface area contributed by atoms with Crippen molar-refractivity contribution >= 4 is 5.91 Å². The van der Waals surface area contributed by atoms with E-state index in [0.717, 1.165) is 25.8 Å². The molecule has 132 valence electrons. The summed E-state index contributed by atoms with van der Waals surface area (Å²) < 4.78 is 0. The zero-order chi connectivity index (χ0) is 17.9. The Morgan fingerprint density at radius 1 is 1.21 bits per heavy atom. The highest BCUT2D eigenvalue weighted by Gasteiger charge is 2.35. The average Bonchev–Trinajstić information content (AvgIpc) is 2.55. The van der Waals surface area contributed by atoms with Crippen LogP contribution in [0.15, 0.2) is 36.0 Å². The summed E-state index contributed by atoms with van der Waals surface area (Å²) in [7, 11) is 0. The minimum absolute atomic E-state index is 0.274. The summed E-state index contributed by atoms with van der Waals surface area (Å²) in [5, 5.41) is 0. The van der Waals surface area contributed by atoms with Crippen LogP contribution in [0.5, 0.6) is 0 Å². The SMILES string of the molecule is C/C=C1\CC(C)c2ccccc2C(C)CN1C(=O)C(C)(C)CCC. The highest BCUT2D eigenvalue weighted by Crippen LogP contribution is 2.37. The molecule has 0 bridgehead atoms. The summed E-state index contributed by atoms with van der Waals surface area (Å²) in [5.41, 5.74) is 3.71. The van der Waals surface area contributed by atoms with Crippen LogP contribution in [0.1, 0.15) is 83.8 Å². The van der Waals surface area contributed by atoms with Crippen LogP contribution < -0.4 is 0 Å². The smallest absolute Gasteiger partial charge is 0.232 e. The van der Waals surface area contributed by atoms with Crippen LogP contribution in [0.3, 0.4) is 0 Å². The van der Waals surface area contributed by atoms with Gasteiger partial charge in [0.05, 0.1) is 0 Å². The minimum Gasteiger partial charge on any atom is -0.315 e. The van der Waals surface area contributed by atoms with Gasteiger partial charge in [-0.2, -0.15) is 0 Å². The maximum Gasteiger partial charge on any atom is 0.232 e. The van der Waals surface area contributed by atoms with E-state index in [1.807, 2.05) is 0 Å². The van der Waals surface area contributed by atoms with E-state index >= 15 is 0 Å². The van der Waals surface area contributed by atoms with Gasteiger partial charge in [-0.1, -0.05) is 71.4 Å². The predicted octanol–water partition coefficient (Wildman–Crippen LogP) is 5.86. The first kappa shape index (κ1) is 18.8. The van der Waals surface area contributed by atoms with Crippen molar-refractivity contribution in [1.29, 1.82) is 0 Å². The minimum atomic E-state index is -0.301. The highest BCUT2D eigenvalue weighted by atomic mass is 16.2. The third-order valence-electron chi connectivity index (χ3n) is 5.41. The third kappa shape index (κ3) is 3.74. The number of hydrogen-bond donors (Lipinski definition) is 0. The van der Waals surface area contributed by atoms with Crippen LogP contribution in [0.2, 0.25) is 0 Å². The largest absolute Gasteiger partial charge is 0.315 e. The van der Waals surface area contributed by atoms with Gasteiger partial charge in [-0.05, 0) is 42.7 Å². The zero-order valence-electron chi connectivity index (χ0n) is 16.2. The molecule has 0 N–H and O–H groups in total. The molecule has 0 saturated heterocycles. The Morgan fingerprint density at radius 3 is 2.33 bits per heavy atom. The molecule has 0 fully saturated rings. The number of rotatable bonds is 3. The lowest BCUT2D eigenvalue weighted by Crippen LogP contribution is -2.43. The molecule has 0 saturated carbocycles. The van der Waals surface area contributed by atoms with Crippen LogP contribution in [-0.2, 0) is 4.79 Å². The summed E-state index contributed by atoms with van der Waals surface area (Å²) in [6.07, 6.45) is 5.03. The number of benzene rings is 1. The van der Waals surface area contributed by atoms with Gasteiger partial charge in [0.1, 0.15) is 0 Å². The maximum absolute atomic E-state index is 13.3. The molecular weight excluding hydrogens is 294 g/mol. The topological polar surface area (TPSA) is 20.3 Å². The number of allylic oxidation sites excluding steroid dienone is 2. The maximum atomic E-state index is 13.3. The Morgan fingerprint density at radius 2 is 1.79 bits per heavy atom. The molecule has 1 aliphatic rings. The van der Waals surface area contributed by atoms with Gasteiger partial charge >= 0.3 is 0 Å². The number of carbonyl (C=O) groups excluding carboxylic acids is 1. The Kier molecular flexibility index (Phi) is 5.90. The number of carbonyl (C=O) groups is 1. The van der Waals surface area contributed by atoms with Gasteiger partial charge in [0, 0.05) is 17.7 Å². The normalized spacial score (nSPS) is 23.6. The van der Waals surface area contributed by atoms with Crippen molar-refractivity contribution in [1.82, 2.24) is 4.90 Å². The molecule has 2 atom stereocenters. The first-order valence-electron chi connectivity index (χ1n) is 9.37. The lowest BCUT2D eigenvalue weighted by molar-refractivity contribution is -0.139. The van der Waals surface area contributed by atoms with Crippen molar-refractivity contribution in [2.75, 3.05) is 6.54 Å². The molecule has 0 radical (unpaired) electrons. The van der Waals surface area contributed by atoms with E-state index in [0.29, 0.717) is 11.8 Å². The molecule has 2 nitrogen and oxygen atoms in total. The number of hydrogen-bond acceptors (Lipinski definition) is 1. The fourth-order valence-corrected chi connectivity index (χ4v) is 4.02. The second kappa shape index (κ2) is 7.55. The Bertz CT molecular complexity index is 614. The summed E-state index contributed by atoms with van der Waals surface area (Å²) in [6, 6.07) is 8.74. The molecule has 0 aliphatic carbocycles. The predicted molar refractivity (Wildman–Crippen MR) is 102 cm³/mol. The summed E-state index contributed by atoms with van der Waals surface area (Å²) >= 11 is 0. The second-order valence-corrected chi connectivity index (χ2v) is 7.96. The monoisotopic (exact) mass is 327 g/mol. The summed E-state index contributed by atoms with van der Waals surface area (Å²) in [4.78, 5) is 15.4. The molecule has 1 aliphatic heterocycles. The molecule has 2 rings (SSSR count). The van der Waals surface area contributed by atoms with E-state index in [9.17, 15) is 4.79 Å². The Labute approximate surface area is 147 Å². The highest BCUT2D eigenvalue weighted by molar-refractivity contribution is 5.83. The van der Waals surface area contributed by atoms with Crippen molar-refractivity contribution in [3.63, 3.8) is 0 Å². The third-order valence-corrected chi connectivity index (χ3v) is 5.41. The van der Waals surface area contributed by atoms with E-state index in [2.05, 4.69) is 76.8 Å². The molecular formula is C22H33NO. The molecule has 0 spiro atoms. The van der Waals surface area contributed by atoms with Crippen molar-refractivity contribution < 1.29 is 4.79 Å². The van der Waals surface area contributed by atoms with Crippen molar-refractivity contribution in [3.05, 3.63) is 47.2 Å². The quantitative estimate of drug-likeness (QED) is 0.681. The molecule has 1 amide bonds. The molecule has 2 heteroatoms. The molecule has 1 aromatic rings. The number of amides is 1. The van der Waals surface area contributed by atoms with E-state index < -0.39 is 0 Å². The fourth-order valence-electron chi connectivity index (χ4n) is 4.02. The molecule has 1 aromatic carbocycles. The standard InChI is InChI=1S/C22H33NO/c1-7-13-22(5,6)21(24)23-15-17(4)20-12-10-9-11-19(20)16(3)14-18(23)8-2/h8-12,16-17H,7,13-15H2,1-6H3/b18-8+. The van der Waals surface area contributed by atoms with Crippen molar-refractivity contribution in [2.24, 2.45) is 5.41 Å². The van der Waals surface area contributed by atoms with Gasteiger partial charge in [0.25, 0.3) is 0 Å². The molecule has 1 heterocycles. The van der Waals surface area contributed by atoms with Crippen LogP contribution in [-0.4, -0.2) is 17.4 Å². The summed E-state index contributed by atoms with van der Waals surface area (Å²) in [5.74, 6) is 1.05. The Balaban J connectivity index is 2.42. The van der Waals surface area contributed by atoms with Gasteiger partial charge in [0.2, 0.25) is 5.91 Å². The van der Waals surface area contributed by atoms with E-state index in [1.54, 1.807) is 0 Å². The van der Waals surface area contributed by atoms with Crippen molar-refractivity contribution in [3.8, 4) is 0 Å². The zero-order valence-corrected chi connectivity index (χ0v) is 16.2. The number of nitrogens with zero attached hydrogens (tertiary/aromatic N) is 1. The molecule has 0 aromatic heterocycles. The first-order chi connectivity index (χ1) is 11.3.